The molecule has 2 rings (SSSR count). The van der Waals surface area contributed by atoms with E-state index in [9.17, 15) is 18.3 Å². The lowest BCUT2D eigenvalue weighted by molar-refractivity contribution is 0.0661. The maximum atomic E-state index is 12.3. The summed E-state index contributed by atoms with van der Waals surface area (Å²) >= 11 is 0. The molecule has 0 aliphatic heterocycles. The molecule has 1 aromatic rings. The van der Waals surface area contributed by atoms with Gasteiger partial charge in [-0.1, -0.05) is 6.42 Å². The van der Waals surface area contributed by atoms with Gasteiger partial charge in [0.2, 0.25) is 15.8 Å². The van der Waals surface area contributed by atoms with E-state index in [1.165, 1.54) is 6.92 Å². The molecule has 0 radical (unpaired) electrons. The summed E-state index contributed by atoms with van der Waals surface area (Å²) in [6, 6.07) is 0.677. The normalized spacial score (nSPS) is 23.1. The van der Waals surface area contributed by atoms with Gasteiger partial charge in [-0.15, -0.1) is 0 Å². The lowest BCUT2D eigenvalue weighted by Crippen LogP contribution is -2.38. The first-order valence-electron chi connectivity index (χ1n) is 6.32. The number of hydrogen-bond acceptors (Lipinski definition) is 5. The van der Waals surface area contributed by atoms with Crippen molar-refractivity contribution in [1.82, 2.24) is 4.72 Å². The van der Waals surface area contributed by atoms with E-state index >= 15 is 0 Å². The monoisotopic (exact) mass is 303 g/mol. The summed E-state index contributed by atoms with van der Waals surface area (Å²) in [7, 11) is -3.85. The van der Waals surface area contributed by atoms with Crippen LogP contribution >= 0.6 is 0 Å². The van der Waals surface area contributed by atoms with Crippen LogP contribution in [-0.4, -0.2) is 37.2 Å². The number of aryl methyl sites for hydroxylation is 1. The number of furan rings is 1. The molecular formula is C12H17NO6S. The van der Waals surface area contributed by atoms with Crippen LogP contribution in [0.1, 0.15) is 35.6 Å². The zero-order chi connectivity index (χ0) is 14.9. The lowest BCUT2D eigenvalue weighted by Gasteiger charge is -2.18. The molecule has 0 bridgehead atoms. The first kappa shape index (κ1) is 15.0. The van der Waals surface area contributed by atoms with Crippen molar-refractivity contribution in [2.45, 2.75) is 37.1 Å². The van der Waals surface area contributed by atoms with E-state index in [-0.39, 0.29) is 29.2 Å². The van der Waals surface area contributed by atoms with Crippen LogP contribution in [0.2, 0.25) is 0 Å². The molecule has 0 saturated heterocycles. The van der Waals surface area contributed by atoms with Crippen LogP contribution in [-0.2, 0) is 10.0 Å². The van der Waals surface area contributed by atoms with Gasteiger partial charge in [0.1, 0.15) is 10.7 Å². The Kier molecular flexibility index (Phi) is 4.17. The topological polar surface area (TPSA) is 117 Å². The smallest absolute Gasteiger partial charge is 0.371 e. The molecule has 0 amide bonds. The molecule has 8 heteroatoms. The van der Waals surface area contributed by atoms with E-state index in [4.69, 9.17) is 9.52 Å². The molecule has 3 N–H and O–H groups in total. The van der Waals surface area contributed by atoms with E-state index in [0.717, 1.165) is 18.9 Å². The quantitative estimate of drug-likeness (QED) is 0.738. The lowest BCUT2D eigenvalue weighted by atomic mass is 10.1. The Morgan fingerprint density at radius 2 is 2.20 bits per heavy atom. The standard InChI is InChI=1S/C12H17NO6S/c1-7-11(5-10(19-7)12(15)16)20(17,18)13-9-4-2-3-8(9)6-14/h5,8-9,13-14H,2-4,6H2,1H3,(H,15,16). The number of sulfonamides is 1. The highest BCUT2D eigenvalue weighted by molar-refractivity contribution is 7.89. The molecule has 2 atom stereocenters. The number of carbonyl (C=O) groups is 1. The summed E-state index contributed by atoms with van der Waals surface area (Å²) < 4.78 is 32.0. The fourth-order valence-corrected chi connectivity index (χ4v) is 4.03. The molecule has 1 heterocycles. The van der Waals surface area contributed by atoms with E-state index < -0.39 is 21.8 Å². The van der Waals surface area contributed by atoms with Crippen molar-refractivity contribution in [3.05, 3.63) is 17.6 Å². The molecule has 1 aliphatic carbocycles. The average molecular weight is 303 g/mol. The fraction of sp³-hybridized carbons (Fsp3) is 0.583. The van der Waals surface area contributed by atoms with Crippen LogP contribution in [0, 0.1) is 12.8 Å². The van der Waals surface area contributed by atoms with E-state index in [1.54, 1.807) is 0 Å². The van der Waals surface area contributed by atoms with Crippen LogP contribution in [0.25, 0.3) is 0 Å². The third-order valence-corrected chi connectivity index (χ3v) is 5.17. The van der Waals surface area contributed by atoms with Crippen molar-refractivity contribution in [3.8, 4) is 0 Å². The number of aliphatic hydroxyl groups is 1. The van der Waals surface area contributed by atoms with Crippen molar-refractivity contribution in [1.29, 1.82) is 0 Å². The molecule has 7 nitrogen and oxygen atoms in total. The van der Waals surface area contributed by atoms with Gasteiger partial charge in [0, 0.05) is 18.7 Å². The Morgan fingerprint density at radius 1 is 1.50 bits per heavy atom. The minimum Gasteiger partial charge on any atom is -0.475 e. The second kappa shape index (κ2) is 5.55. The van der Waals surface area contributed by atoms with Crippen LogP contribution in [0.3, 0.4) is 0 Å². The number of rotatable bonds is 5. The Morgan fingerprint density at radius 3 is 2.75 bits per heavy atom. The Bertz CT molecular complexity index is 605. The third-order valence-electron chi connectivity index (χ3n) is 3.57. The zero-order valence-corrected chi connectivity index (χ0v) is 11.8. The summed E-state index contributed by atoms with van der Waals surface area (Å²) in [6.07, 6.45) is 2.28. The molecule has 0 aromatic carbocycles. The summed E-state index contributed by atoms with van der Waals surface area (Å²) in [5, 5.41) is 18.0. The van der Waals surface area contributed by atoms with Gasteiger partial charge >= 0.3 is 5.97 Å². The largest absolute Gasteiger partial charge is 0.475 e. The minimum atomic E-state index is -3.85. The Balaban J connectivity index is 2.24. The number of carboxylic acid groups (broad SMARTS) is 1. The van der Waals surface area contributed by atoms with Gasteiger partial charge in [-0.3, -0.25) is 0 Å². The van der Waals surface area contributed by atoms with Crippen molar-refractivity contribution < 1.29 is 27.8 Å². The average Bonchev–Trinajstić information content (AvgIpc) is 2.95. The van der Waals surface area contributed by atoms with Gasteiger partial charge in [0.25, 0.3) is 0 Å². The van der Waals surface area contributed by atoms with Crippen molar-refractivity contribution in [2.24, 2.45) is 5.92 Å². The second-order valence-electron chi connectivity index (χ2n) is 4.94. The molecule has 1 aromatic heterocycles. The first-order valence-corrected chi connectivity index (χ1v) is 7.80. The van der Waals surface area contributed by atoms with E-state index in [0.29, 0.717) is 6.42 Å². The van der Waals surface area contributed by atoms with E-state index in [2.05, 4.69) is 4.72 Å². The van der Waals surface area contributed by atoms with Crippen molar-refractivity contribution in [3.63, 3.8) is 0 Å². The number of nitrogens with one attached hydrogen (secondary N) is 1. The molecule has 2 unspecified atom stereocenters. The number of carboxylic acids is 1. The summed E-state index contributed by atoms with van der Waals surface area (Å²) in [6.45, 7) is 1.33. The fourth-order valence-electron chi connectivity index (χ4n) is 2.51. The maximum absolute atomic E-state index is 12.3. The van der Waals surface area contributed by atoms with Crippen molar-refractivity contribution in [2.75, 3.05) is 6.61 Å². The second-order valence-corrected chi connectivity index (χ2v) is 6.62. The molecule has 1 fully saturated rings. The molecule has 1 saturated carbocycles. The van der Waals surface area contributed by atoms with Gasteiger partial charge in [-0.2, -0.15) is 0 Å². The van der Waals surface area contributed by atoms with Crippen LogP contribution in [0.5, 0.6) is 0 Å². The Hall–Kier alpha value is -1.38. The molecule has 112 valence electrons. The highest BCUT2D eigenvalue weighted by atomic mass is 32.2. The predicted molar refractivity (Wildman–Crippen MR) is 68.9 cm³/mol. The van der Waals surface area contributed by atoms with Gasteiger partial charge in [-0.05, 0) is 25.7 Å². The van der Waals surface area contributed by atoms with Gasteiger partial charge in [0.05, 0.1) is 0 Å². The number of aliphatic hydroxyl groups excluding tert-OH is 1. The molecule has 20 heavy (non-hydrogen) atoms. The van der Waals surface area contributed by atoms with Crippen LogP contribution < -0.4 is 4.72 Å². The van der Waals surface area contributed by atoms with Gasteiger partial charge in [-0.25, -0.2) is 17.9 Å². The zero-order valence-electron chi connectivity index (χ0n) is 11.0. The van der Waals surface area contributed by atoms with Gasteiger partial charge < -0.3 is 14.6 Å². The molecule has 1 aliphatic rings. The van der Waals surface area contributed by atoms with Crippen LogP contribution in [0.4, 0.5) is 0 Å². The SMILES string of the molecule is Cc1oc(C(=O)O)cc1S(=O)(=O)NC1CCCC1CO. The first-order chi connectivity index (χ1) is 9.35. The summed E-state index contributed by atoms with van der Waals surface area (Å²) in [4.78, 5) is 10.6. The highest BCUT2D eigenvalue weighted by Gasteiger charge is 2.32. The van der Waals surface area contributed by atoms with Crippen LogP contribution in [0.15, 0.2) is 15.4 Å². The third kappa shape index (κ3) is 2.87. The van der Waals surface area contributed by atoms with Crippen molar-refractivity contribution >= 4 is 16.0 Å². The highest BCUT2D eigenvalue weighted by Crippen LogP contribution is 2.28. The minimum absolute atomic E-state index is 0.0356. The number of hydrogen-bond donors (Lipinski definition) is 3. The van der Waals surface area contributed by atoms with E-state index in [1.807, 2.05) is 0 Å². The molecular weight excluding hydrogens is 286 g/mol. The maximum Gasteiger partial charge on any atom is 0.371 e. The number of aromatic carboxylic acids is 1. The molecule has 0 spiro atoms. The van der Waals surface area contributed by atoms with Gasteiger partial charge in [0.15, 0.2) is 0 Å². The Labute approximate surface area is 116 Å². The predicted octanol–water partition coefficient (Wildman–Crippen LogP) is 0.726. The summed E-state index contributed by atoms with van der Waals surface area (Å²) in [5.41, 5.74) is 0. The summed E-state index contributed by atoms with van der Waals surface area (Å²) in [5.74, 6) is -1.79.